The lowest BCUT2D eigenvalue weighted by molar-refractivity contribution is -0.141. The Morgan fingerprint density at radius 1 is 0.812 bits per heavy atom. The molecular formula is C34H37ClN8O5. The highest BCUT2D eigenvalue weighted by Crippen LogP contribution is 2.22. The number of nitrogens with two attached hydrogens (primary N) is 3. The number of aryl methyl sites for hydroxylation is 2. The molecule has 0 aliphatic carbocycles. The number of carboxylic acid groups (broad SMARTS) is 1. The minimum absolute atomic E-state index is 0.0680. The van der Waals surface area contributed by atoms with Crippen molar-refractivity contribution >= 4 is 47.0 Å². The molecule has 0 radical (unpaired) electrons. The molecule has 0 bridgehead atoms. The summed E-state index contributed by atoms with van der Waals surface area (Å²) >= 11 is 5.81. The number of unbranched alkanes of at least 4 members (excludes halogenated alkanes) is 1. The van der Waals surface area contributed by atoms with Crippen LogP contribution in [-0.2, 0) is 28.9 Å². The molecular weight excluding hydrogens is 636 g/mol. The molecule has 48 heavy (non-hydrogen) atoms. The van der Waals surface area contributed by atoms with Crippen molar-refractivity contribution in [2.24, 2.45) is 10.7 Å². The third-order valence-corrected chi connectivity index (χ3v) is 7.69. The van der Waals surface area contributed by atoms with Crippen LogP contribution in [0.15, 0.2) is 77.8 Å². The lowest BCUT2D eigenvalue weighted by Gasteiger charge is -2.15. The number of carboxylic acids is 1. The summed E-state index contributed by atoms with van der Waals surface area (Å²) in [4.78, 5) is 48.3. The number of phenols is 1. The molecule has 0 aliphatic heterocycles. The highest BCUT2D eigenvalue weighted by Gasteiger charge is 2.20. The van der Waals surface area contributed by atoms with E-state index in [9.17, 15) is 24.6 Å². The Kier molecular flexibility index (Phi) is 12.3. The van der Waals surface area contributed by atoms with E-state index in [0.717, 1.165) is 36.0 Å². The number of carbonyl (C=O) groups is 3. The van der Waals surface area contributed by atoms with Crippen LogP contribution in [0, 0.1) is 0 Å². The molecule has 2 amide bonds. The molecule has 10 N–H and O–H groups in total. The lowest BCUT2D eigenvalue weighted by Crippen LogP contribution is -2.42. The maximum atomic E-state index is 12.5. The van der Waals surface area contributed by atoms with Gasteiger partial charge in [-0.05, 0) is 65.6 Å². The molecule has 1 aromatic heterocycles. The number of anilines is 2. The van der Waals surface area contributed by atoms with E-state index in [0.29, 0.717) is 18.5 Å². The van der Waals surface area contributed by atoms with Gasteiger partial charge >= 0.3 is 5.97 Å². The number of rotatable bonds is 14. The van der Waals surface area contributed by atoms with Crippen molar-refractivity contribution < 1.29 is 24.6 Å². The zero-order valence-corrected chi connectivity index (χ0v) is 26.8. The molecule has 1 heterocycles. The van der Waals surface area contributed by atoms with Crippen molar-refractivity contribution in [3.8, 4) is 16.9 Å². The van der Waals surface area contributed by atoms with Gasteiger partial charge in [0.2, 0.25) is 5.91 Å². The van der Waals surface area contributed by atoms with Gasteiger partial charge in [-0.2, -0.15) is 0 Å². The average molecular weight is 673 g/mol. The van der Waals surface area contributed by atoms with Crippen LogP contribution < -0.4 is 27.8 Å². The van der Waals surface area contributed by atoms with Crippen molar-refractivity contribution in [2.75, 3.05) is 18.0 Å². The number of nitrogen functional groups attached to an aromatic ring is 2. The number of nitrogens with one attached hydrogen (secondary N) is 2. The molecule has 3 aromatic carbocycles. The number of halogens is 1. The first-order valence-corrected chi connectivity index (χ1v) is 15.5. The Morgan fingerprint density at radius 3 is 2.00 bits per heavy atom. The van der Waals surface area contributed by atoms with Crippen molar-refractivity contribution in [2.45, 2.75) is 44.6 Å². The van der Waals surface area contributed by atoms with E-state index >= 15 is 0 Å². The van der Waals surface area contributed by atoms with Crippen LogP contribution in [0.5, 0.6) is 5.75 Å². The summed E-state index contributed by atoms with van der Waals surface area (Å²) in [7, 11) is 0. The minimum Gasteiger partial charge on any atom is -0.508 e. The highest BCUT2D eigenvalue weighted by molar-refractivity contribution is 6.31. The summed E-state index contributed by atoms with van der Waals surface area (Å²) in [6.45, 7) is 0.418. The van der Waals surface area contributed by atoms with Crippen molar-refractivity contribution in [3.63, 3.8) is 0 Å². The van der Waals surface area contributed by atoms with E-state index in [1.165, 1.54) is 17.7 Å². The number of hydrogen-bond acceptors (Lipinski definition) is 9. The Balaban J connectivity index is 1.18. The van der Waals surface area contributed by atoms with Crippen molar-refractivity contribution in [1.29, 1.82) is 0 Å². The number of guanidine groups is 1. The number of hydrogen-bond donors (Lipinski definition) is 7. The maximum Gasteiger partial charge on any atom is 0.326 e. The zero-order chi connectivity index (χ0) is 34.6. The number of aliphatic imine (C=N–C) groups is 1. The number of carbonyl (C=O) groups excluding carboxylic acids is 2. The van der Waals surface area contributed by atoms with Gasteiger partial charge in [0.15, 0.2) is 28.4 Å². The SMILES string of the molecule is NC(=NCCCCc1ccc(-c2ccc(CCC(=O)N[C@@H](Cc3ccc(O)cc3)C(=O)O)cc2)cc1)NC(=O)c1nc(Cl)c(N)nc1N. The molecule has 14 heteroatoms. The molecule has 0 fully saturated rings. The predicted molar refractivity (Wildman–Crippen MR) is 184 cm³/mol. The van der Waals surface area contributed by atoms with Crippen LogP contribution in [-0.4, -0.2) is 56.5 Å². The molecule has 0 spiro atoms. The monoisotopic (exact) mass is 672 g/mol. The lowest BCUT2D eigenvalue weighted by atomic mass is 9.99. The molecule has 0 unspecified atom stereocenters. The van der Waals surface area contributed by atoms with Gasteiger partial charge in [0, 0.05) is 19.4 Å². The summed E-state index contributed by atoms with van der Waals surface area (Å²) in [6.07, 6.45) is 3.21. The number of benzene rings is 3. The first-order valence-electron chi connectivity index (χ1n) is 15.2. The van der Waals surface area contributed by atoms with Gasteiger partial charge in [0.05, 0.1) is 0 Å². The Morgan fingerprint density at radius 2 is 1.40 bits per heavy atom. The Hall–Kier alpha value is -5.69. The van der Waals surface area contributed by atoms with Gasteiger partial charge in [-0.25, -0.2) is 14.8 Å². The van der Waals surface area contributed by atoms with Crippen molar-refractivity contribution in [1.82, 2.24) is 20.6 Å². The number of nitrogens with zero attached hydrogens (tertiary/aromatic N) is 3. The first kappa shape index (κ1) is 35.2. The summed E-state index contributed by atoms with van der Waals surface area (Å²) in [5.74, 6) is -2.37. The molecule has 0 aliphatic rings. The van der Waals surface area contributed by atoms with Crippen LogP contribution in [0.1, 0.15) is 46.4 Å². The van der Waals surface area contributed by atoms with E-state index in [1.807, 2.05) is 24.3 Å². The van der Waals surface area contributed by atoms with Gasteiger partial charge in [0.25, 0.3) is 5.91 Å². The zero-order valence-electron chi connectivity index (χ0n) is 26.0. The minimum atomic E-state index is -1.12. The van der Waals surface area contributed by atoms with Crippen LogP contribution in [0.25, 0.3) is 11.1 Å². The van der Waals surface area contributed by atoms with E-state index in [1.54, 1.807) is 12.1 Å². The largest absolute Gasteiger partial charge is 0.508 e. The Labute approximate surface area is 282 Å². The van der Waals surface area contributed by atoms with Crippen molar-refractivity contribution in [3.05, 3.63) is 100 Å². The summed E-state index contributed by atoms with van der Waals surface area (Å²) < 4.78 is 0. The summed E-state index contributed by atoms with van der Waals surface area (Å²) in [5.41, 5.74) is 21.8. The topological polar surface area (TPSA) is 232 Å². The van der Waals surface area contributed by atoms with Gasteiger partial charge < -0.3 is 32.7 Å². The van der Waals surface area contributed by atoms with E-state index in [4.69, 9.17) is 28.8 Å². The third-order valence-electron chi connectivity index (χ3n) is 7.41. The standard InChI is InChI=1S/C34H37ClN8O5/c35-29-31(37)42-30(36)28(41-29)32(46)43-34(38)39-18-2-1-3-20-4-11-23(12-5-20)24-13-6-21(7-14-24)10-17-27(45)40-26(33(47)48)19-22-8-15-25(44)16-9-22/h4-9,11-16,26,44H,1-3,10,17-19H2,(H,40,45)(H,47,48)(H4,36,37,42)(H3,38,39,43,46)/t26-/m0/s1. The maximum absolute atomic E-state index is 12.5. The van der Waals surface area contributed by atoms with Gasteiger partial charge in [-0.15, -0.1) is 0 Å². The molecule has 1 atom stereocenters. The quantitative estimate of drug-likeness (QED) is 0.0585. The average Bonchev–Trinajstić information content (AvgIpc) is 3.06. The fourth-order valence-corrected chi connectivity index (χ4v) is 4.91. The second kappa shape index (κ2) is 16.7. The van der Waals surface area contributed by atoms with Crippen LogP contribution in [0.2, 0.25) is 5.15 Å². The van der Waals surface area contributed by atoms with E-state index < -0.39 is 17.9 Å². The molecule has 4 aromatic rings. The predicted octanol–water partition coefficient (Wildman–Crippen LogP) is 3.48. The highest BCUT2D eigenvalue weighted by atomic mass is 35.5. The molecule has 4 rings (SSSR count). The molecule has 250 valence electrons. The number of phenolic OH excluding ortho intramolecular Hbond substituents is 1. The number of aromatic hydroxyl groups is 1. The van der Waals surface area contributed by atoms with E-state index in [-0.39, 0.29) is 52.9 Å². The van der Waals surface area contributed by atoms with Crippen LogP contribution >= 0.6 is 11.6 Å². The second-order valence-corrected chi connectivity index (χ2v) is 11.4. The van der Waals surface area contributed by atoms with Gasteiger partial charge in [-0.3, -0.25) is 19.9 Å². The third kappa shape index (κ3) is 10.4. The van der Waals surface area contributed by atoms with Crippen LogP contribution in [0.3, 0.4) is 0 Å². The van der Waals surface area contributed by atoms with Crippen LogP contribution in [0.4, 0.5) is 11.6 Å². The van der Waals surface area contributed by atoms with E-state index in [2.05, 4.69) is 49.9 Å². The smallest absolute Gasteiger partial charge is 0.326 e. The summed E-state index contributed by atoms with van der Waals surface area (Å²) in [6, 6.07) is 21.3. The number of amides is 2. The summed E-state index contributed by atoms with van der Waals surface area (Å²) in [5, 5.41) is 23.8. The Bertz CT molecular complexity index is 1760. The van der Waals surface area contributed by atoms with Gasteiger partial charge in [0.1, 0.15) is 11.8 Å². The fourth-order valence-electron chi connectivity index (χ4n) is 4.78. The second-order valence-electron chi connectivity index (χ2n) is 11.0. The molecule has 13 nitrogen and oxygen atoms in total. The first-order chi connectivity index (χ1) is 23.0. The van der Waals surface area contributed by atoms with Gasteiger partial charge in [-0.1, -0.05) is 72.3 Å². The number of aromatic nitrogens is 2. The molecule has 0 saturated heterocycles. The fraction of sp³-hybridized carbons (Fsp3) is 0.235. The molecule has 0 saturated carbocycles. The normalized spacial score (nSPS) is 11.9. The number of aliphatic carboxylic acids is 1.